The minimum atomic E-state index is -0.800. The van der Waals surface area contributed by atoms with Crippen molar-refractivity contribution in [2.24, 2.45) is 0 Å². The number of nitrogens with zero attached hydrogens (tertiary/aromatic N) is 3. The molecular weight excluding hydrogens is 454 g/mol. The first-order valence-electron chi connectivity index (χ1n) is 12.4. The summed E-state index contributed by atoms with van der Waals surface area (Å²) < 4.78 is 5.48. The Labute approximate surface area is 210 Å². The number of pyridine rings is 1. The summed E-state index contributed by atoms with van der Waals surface area (Å²) in [5.74, 6) is -0.970. The maximum atomic E-state index is 13.3. The van der Waals surface area contributed by atoms with Gasteiger partial charge in [-0.1, -0.05) is 6.07 Å². The molecule has 0 spiro atoms. The summed E-state index contributed by atoms with van der Waals surface area (Å²) in [6.45, 7) is 4.44. The third kappa shape index (κ3) is 4.44. The van der Waals surface area contributed by atoms with Gasteiger partial charge in [0.2, 0.25) is 0 Å². The van der Waals surface area contributed by atoms with Crippen molar-refractivity contribution in [3.8, 4) is 5.75 Å². The number of rotatable bonds is 6. The molecule has 0 aliphatic carbocycles. The summed E-state index contributed by atoms with van der Waals surface area (Å²) in [7, 11) is 0. The molecule has 1 aromatic heterocycles. The summed E-state index contributed by atoms with van der Waals surface area (Å²) in [5.41, 5.74) is 2.81. The molecule has 7 heteroatoms. The van der Waals surface area contributed by atoms with Crippen molar-refractivity contribution >= 4 is 28.8 Å². The van der Waals surface area contributed by atoms with Crippen molar-refractivity contribution in [2.45, 2.75) is 32.2 Å². The molecule has 1 amide bonds. The molecule has 36 heavy (non-hydrogen) atoms. The number of anilines is 2. The molecular formula is C29H29N3O4. The summed E-state index contributed by atoms with van der Waals surface area (Å²) in [6.07, 6.45) is 6.84. The van der Waals surface area contributed by atoms with Crippen LogP contribution in [0.3, 0.4) is 0 Å². The van der Waals surface area contributed by atoms with E-state index in [1.54, 1.807) is 42.7 Å². The fourth-order valence-electron chi connectivity index (χ4n) is 4.96. The summed E-state index contributed by atoms with van der Waals surface area (Å²) in [5, 5.41) is 11.3. The third-order valence-corrected chi connectivity index (χ3v) is 6.73. The molecule has 184 valence electrons. The van der Waals surface area contributed by atoms with E-state index in [1.165, 1.54) is 24.2 Å². The number of carbonyl (C=O) groups is 2. The minimum Gasteiger partial charge on any atom is -0.507 e. The number of hydrogen-bond acceptors (Lipinski definition) is 6. The molecule has 2 aromatic carbocycles. The number of aromatic nitrogens is 1. The summed E-state index contributed by atoms with van der Waals surface area (Å²) in [4.78, 5) is 34.7. The number of aliphatic hydroxyl groups is 1. The number of amides is 1. The lowest BCUT2D eigenvalue weighted by molar-refractivity contribution is -0.132. The van der Waals surface area contributed by atoms with E-state index in [0.29, 0.717) is 29.2 Å². The molecule has 2 fully saturated rings. The average molecular weight is 484 g/mol. The highest BCUT2D eigenvalue weighted by atomic mass is 16.5. The predicted molar refractivity (Wildman–Crippen MR) is 139 cm³/mol. The van der Waals surface area contributed by atoms with Crippen molar-refractivity contribution in [2.75, 3.05) is 29.5 Å². The zero-order valence-corrected chi connectivity index (χ0v) is 20.3. The molecule has 1 N–H and O–H groups in total. The van der Waals surface area contributed by atoms with Crippen molar-refractivity contribution in [3.05, 3.63) is 89.8 Å². The van der Waals surface area contributed by atoms with Crippen LogP contribution in [0.5, 0.6) is 5.75 Å². The van der Waals surface area contributed by atoms with Crippen molar-refractivity contribution < 1.29 is 19.4 Å². The first-order chi connectivity index (χ1) is 17.6. The molecule has 3 aromatic rings. The lowest BCUT2D eigenvalue weighted by atomic mass is 9.96. The van der Waals surface area contributed by atoms with Gasteiger partial charge < -0.3 is 14.7 Å². The highest BCUT2D eigenvalue weighted by molar-refractivity contribution is 6.51. The number of hydrogen-bond donors (Lipinski definition) is 1. The Bertz CT molecular complexity index is 1260. The van der Waals surface area contributed by atoms with E-state index in [1.807, 2.05) is 37.3 Å². The van der Waals surface area contributed by atoms with E-state index in [4.69, 9.17) is 4.74 Å². The maximum absolute atomic E-state index is 13.3. The van der Waals surface area contributed by atoms with E-state index in [-0.39, 0.29) is 11.3 Å². The molecule has 5 rings (SSSR count). The quantitative estimate of drug-likeness (QED) is 0.299. The number of Topliss-reactive ketones (excluding diaryl/α,β-unsaturated/α-hetero) is 1. The van der Waals surface area contributed by atoms with Crippen LogP contribution in [0, 0.1) is 0 Å². The number of ketones is 1. The van der Waals surface area contributed by atoms with Gasteiger partial charge in [-0.3, -0.25) is 19.5 Å². The third-order valence-electron chi connectivity index (χ3n) is 6.73. The molecule has 0 bridgehead atoms. The Balaban J connectivity index is 1.56. The molecule has 1 atom stereocenters. The van der Waals surface area contributed by atoms with Gasteiger partial charge in [-0.25, -0.2) is 0 Å². The highest BCUT2D eigenvalue weighted by Crippen LogP contribution is 2.42. The Kier molecular flexibility index (Phi) is 6.71. The Morgan fingerprint density at radius 2 is 1.67 bits per heavy atom. The minimum absolute atomic E-state index is 0.0391. The lowest BCUT2D eigenvalue weighted by Crippen LogP contribution is -2.30. The monoisotopic (exact) mass is 483 g/mol. The van der Waals surface area contributed by atoms with Gasteiger partial charge >= 0.3 is 0 Å². The first kappa shape index (κ1) is 23.6. The molecule has 0 saturated carbocycles. The molecule has 2 aliphatic rings. The van der Waals surface area contributed by atoms with Gasteiger partial charge in [0.1, 0.15) is 11.5 Å². The molecule has 1 unspecified atom stereocenters. The fourth-order valence-corrected chi connectivity index (χ4v) is 4.96. The molecule has 3 heterocycles. The van der Waals surface area contributed by atoms with E-state index < -0.39 is 17.7 Å². The van der Waals surface area contributed by atoms with E-state index in [9.17, 15) is 14.7 Å². The van der Waals surface area contributed by atoms with Crippen LogP contribution in [0.15, 0.2) is 78.6 Å². The Hall–Kier alpha value is -4.13. The van der Waals surface area contributed by atoms with E-state index in [0.717, 1.165) is 18.8 Å². The van der Waals surface area contributed by atoms with Crippen molar-refractivity contribution in [1.29, 1.82) is 0 Å². The Morgan fingerprint density at radius 3 is 2.31 bits per heavy atom. The van der Waals surface area contributed by atoms with Crippen LogP contribution < -0.4 is 14.5 Å². The topological polar surface area (TPSA) is 83.0 Å². The van der Waals surface area contributed by atoms with Gasteiger partial charge in [-0.05, 0) is 86.3 Å². The number of benzene rings is 2. The second-order valence-electron chi connectivity index (χ2n) is 8.98. The van der Waals surface area contributed by atoms with Crippen LogP contribution in [-0.2, 0) is 9.59 Å². The van der Waals surface area contributed by atoms with Crippen LogP contribution in [0.2, 0.25) is 0 Å². The second kappa shape index (κ2) is 10.2. The van der Waals surface area contributed by atoms with Gasteiger partial charge in [-0.2, -0.15) is 0 Å². The lowest BCUT2D eigenvalue weighted by Gasteiger charge is -2.30. The SMILES string of the molecule is CCOc1ccc(/C(O)=C2\C(=O)C(=O)N(c3ccc(N4CCCCC4)cc3)C2c2cccnc2)cc1. The second-order valence-corrected chi connectivity index (χ2v) is 8.98. The number of aliphatic hydroxyl groups excluding tert-OH is 1. The summed E-state index contributed by atoms with van der Waals surface area (Å²) >= 11 is 0. The van der Waals surface area contributed by atoms with E-state index >= 15 is 0 Å². The van der Waals surface area contributed by atoms with Crippen LogP contribution >= 0.6 is 0 Å². The van der Waals surface area contributed by atoms with Gasteiger partial charge in [0.05, 0.1) is 18.2 Å². The number of piperidine rings is 1. The van der Waals surface area contributed by atoms with Gasteiger partial charge in [0.15, 0.2) is 0 Å². The number of ether oxygens (including phenoxy) is 1. The van der Waals surface area contributed by atoms with Crippen molar-refractivity contribution in [1.82, 2.24) is 4.98 Å². The van der Waals surface area contributed by atoms with Crippen LogP contribution in [0.1, 0.15) is 43.4 Å². The van der Waals surface area contributed by atoms with Crippen LogP contribution in [0.25, 0.3) is 5.76 Å². The smallest absolute Gasteiger partial charge is 0.300 e. The number of carbonyl (C=O) groups excluding carboxylic acids is 2. The maximum Gasteiger partial charge on any atom is 0.300 e. The standard InChI is InChI=1S/C29H29N3O4/c1-2-36-24-14-8-20(9-15-24)27(33)25-26(21-7-6-16-30-19-21)32(29(35)28(25)34)23-12-10-22(11-13-23)31-17-4-3-5-18-31/h6-16,19,26,33H,2-5,17-18H2,1H3/b27-25+. The zero-order chi connectivity index (χ0) is 25.1. The normalized spacial score (nSPS) is 19.5. The van der Waals surface area contributed by atoms with Crippen LogP contribution in [-0.4, -0.2) is 41.5 Å². The van der Waals surface area contributed by atoms with Crippen molar-refractivity contribution in [3.63, 3.8) is 0 Å². The summed E-state index contributed by atoms with van der Waals surface area (Å²) in [6, 6.07) is 17.3. The van der Waals surface area contributed by atoms with Crippen LogP contribution in [0.4, 0.5) is 11.4 Å². The first-order valence-corrected chi connectivity index (χ1v) is 12.4. The molecule has 0 radical (unpaired) electrons. The predicted octanol–water partition coefficient (Wildman–Crippen LogP) is 5.10. The largest absolute Gasteiger partial charge is 0.507 e. The van der Waals surface area contributed by atoms with Gasteiger partial charge in [-0.15, -0.1) is 0 Å². The average Bonchev–Trinajstić information content (AvgIpc) is 3.20. The fraction of sp³-hybridized carbons (Fsp3) is 0.276. The Morgan fingerprint density at radius 1 is 0.972 bits per heavy atom. The highest BCUT2D eigenvalue weighted by Gasteiger charge is 2.47. The zero-order valence-electron chi connectivity index (χ0n) is 20.3. The molecule has 2 aliphatic heterocycles. The van der Waals surface area contributed by atoms with Gasteiger partial charge in [0, 0.05) is 42.4 Å². The van der Waals surface area contributed by atoms with E-state index in [2.05, 4.69) is 9.88 Å². The molecule has 7 nitrogen and oxygen atoms in total. The molecule has 2 saturated heterocycles. The van der Waals surface area contributed by atoms with Gasteiger partial charge in [0.25, 0.3) is 11.7 Å².